The van der Waals surface area contributed by atoms with Crippen LogP contribution in [-0.2, 0) is 4.79 Å². The van der Waals surface area contributed by atoms with Gasteiger partial charge in [0.2, 0.25) is 5.91 Å². The molecular formula is C21H27ClN2O3. The van der Waals surface area contributed by atoms with Crippen LogP contribution in [0, 0.1) is 0 Å². The molecule has 0 radical (unpaired) electrons. The highest BCUT2D eigenvalue weighted by molar-refractivity contribution is 6.32. The summed E-state index contributed by atoms with van der Waals surface area (Å²) in [6.07, 6.45) is 4.69. The van der Waals surface area contributed by atoms with Crippen molar-refractivity contribution in [1.29, 1.82) is 0 Å². The van der Waals surface area contributed by atoms with Gasteiger partial charge in [0, 0.05) is 17.4 Å². The number of ether oxygens (including phenoxy) is 2. The first-order chi connectivity index (χ1) is 13.1. The van der Waals surface area contributed by atoms with Gasteiger partial charge in [0.25, 0.3) is 0 Å². The molecule has 2 N–H and O–H groups in total. The number of nitrogens with one attached hydrogen (secondary N) is 2. The van der Waals surface area contributed by atoms with Gasteiger partial charge in [-0.1, -0.05) is 43.9 Å². The highest BCUT2D eigenvalue weighted by atomic mass is 35.5. The van der Waals surface area contributed by atoms with E-state index in [-0.39, 0.29) is 12.5 Å². The Hall–Kier alpha value is -2.40. The fourth-order valence-electron chi connectivity index (χ4n) is 2.55. The molecule has 0 fully saturated rings. The second-order valence-electron chi connectivity index (χ2n) is 6.19. The number of halogens is 1. The molecule has 0 aliphatic rings. The maximum atomic E-state index is 12.1. The molecule has 0 saturated heterocycles. The van der Waals surface area contributed by atoms with E-state index in [0.29, 0.717) is 23.1 Å². The number of unbranched alkanes of at least 4 members (excludes halogenated alkanes) is 3. The lowest BCUT2D eigenvalue weighted by Crippen LogP contribution is -2.21. The Morgan fingerprint density at radius 3 is 2.67 bits per heavy atom. The average molecular weight is 391 g/mol. The van der Waals surface area contributed by atoms with Crippen LogP contribution < -0.4 is 20.1 Å². The highest BCUT2D eigenvalue weighted by Gasteiger charge is 2.06. The molecule has 2 aromatic rings. The third-order valence-electron chi connectivity index (χ3n) is 3.99. The zero-order chi connectivity index (χ0) is 19.5. The van der Waals surface area contributed by atoms with Gasteiger partial charge in [0.1, 0.15) is 11.5 Å². The summed E-state index contributed by atoms with van der Waals surface area (Å²) >= 11 is 6.07. The van der Waals surface area contributed by atoms with E-state index in [9.17, 15) is 4.79 Å². The van der Waals surface area contributed by atoms with Gasteiger partial charge in [-0.05, 0) is 36.8 Å². The second kappa shape index (κ2) is 11.3. The van der Waals surface area contributed by atoms with Gasteiger partial charge in [-0.15, -0.1) is 0 Å². The molecule has 0 saturated carbocycles. The number of carbonyl (C=O) groups excluding carboxylic acids is 1. The maximum Gasteiger partial charge on any atom is 0.243 e. The molecular weight excluding hydrogens is 364 g/mol. The molecule has 0 spiro atoms. The van der Waals surface area contributed by atoms with Crippen molar-refractivity contribution in [2.45, 2.75) is 32.6 Å². The molecule has 5 nitrogen and oxygen atoms in total. The zero-order valence-electron chi connectivity index (χ0n) is 15.9. The summed E-state index contributed by atoms with van der Waals surface area (Å²) in [6, 6.07) is 12.8. The number of benzene rings is 2. The molecule has 0 heterocycles. The third kappa shape index (κ3) is 7.39. The molecule has 2 aromatic carbocycles. The fourth-order valence-corrected chi connectivity index (χ4v) is 2.80. The van der Waals surface area contributed by atoms with Crippen molar-refractivity contribution in [2.24, 2.45) is 0 Å². The standard InChI is InChI=1S/C21H27ClN2O3/c1-3-4-5-6-12-27-18-9-7-8-16(13-18)23-15-21(25)24-17-10-11-20(26-2)19(22)14-17/h7-11,13-14,23H,3-6,12,15H2,1-2H3,(H,24,25). The van der Waals surface area contributed by atoms with Crippen LogP contribution >= 0.6 is 11.6 Å². The summed E-state index contributed by atoms with van der Waals surface area (Å²) in [7, 11) is 1.55. The van der Waals surface area contributed by atoms with Crippen molar-refractivity contribution in [2.75, 3.05) is 30.9 Å². The van der Waals surface area contributed by atoms with Crippen molar-refractivity contribution < 1.29 is 14.3 Å². The number of carbonyl (C=O) groups is 1. The molecule has 0 aliphatic carbocycles. The van der Waals surface area contributed by atoms with E-state index < -0.39 is 0 Å². The first kappa shape index (κ1) is 20.9. The Morgan fingerprint density at radius 1 is 1.07 bits per heavy atom. The number of amides is 1. The largest absolute Gasteiger partial charge is 0.495 e. The van der Waals surface area contributed by atoms with E-state index in [1.165, 1.54) is 19.3 Å². The third-order valence-corrected chi connectivity index (χ3v) is 4.28. The summed E-state index contributed by atoms with van der Waals surface area (Å²) in [5.41, 5.74) is 1.46. The molecule has 0 aromatic heterocycles. The predicted octanol–water partition coefficient (Wildman–Crippen LogP) is 5.36. The van der Waals surface area contributed by atoms with Gasteiger partial charge in [-0.25, -0.2) is 0 Å². The monoisotopic (exact) mass is 390 g/mol. The summed E-state index contributed by atoms with van der Waals surface area (Å²) in [5, 5.41) is 6.35. The van der Waals surface area contributed by atoms with E-state index >= 15 is 0 Å². The number of anilines is 2. The van der Waals surface area contributed by atoms with E-state index in [1.807, 2.05) is 24.3 Å². The first-order valence-electron chi connectivity index (χ1n) is 9.22. The van der Waals surface area contributed by atoms with Crippen LogP contribution in [0.25, 0.3) is 0 Å². The van der Waals surface area contributed by atoms with Crippen LogP contribution in [0.15, 0.2) is 42.5 Å². The molecule has 27 heavy (non-hydrogen) atoms. The number of methoxy groups -OCH3 is 1. The topological polar surface area (TPSA) is 59.6 Å². The number of hydrogen-bond acceptors (Lipinski definition) is 4. The Balaban J connectivity index is 1.79. The smallest absolute Gasteiger partial charge is 0.243 e. The van der Waals surface area contributed by atoms with E-state index in [0.717, 1.165) is 17.9 Å². The molecule has 146 valence electrons. The lowest BCUT2D eigenvalue weighted by Gasteiger charge is -2.11. The highest BCUT2D eigenvalue weighted by Crippen LogP contribution is 2.27. The van der Waals surface area contributed by atoms with E-state index in [4.69, 9.17) is 21.1 Å². The predicted molar refractivity (Wildman–Crippen MR) is 111 cm³/mol. The molecule has 1 amide bonds. The van der Waals surface area contributed by atoms with Crippen LogP contribution in [0.2, 0.25) is 5.02 Å². The van der Waals surface area contributed by atoms with E-state index in [2.05, 4.69) is 17.6 Å². The SMILES string of the molecule is CCCCCCOc1cccc(NCC(=O)Nc2ccc(OC)c(Cl)c2)c1. The Kier molecular flexibility index (Phi) is 8.78. The molecule has 0 unspecified atom stereocenters. The summed E-state index contributed by atoms with van der Waals surface area (Å²) < 4.78 is 10.9. The van der Waals surface area contributed by atoms with Crippen molar-refractivity contribution in [3.05, 3.63) is 47.5 Å². The van der Waals surface area contributed by atoms with Gasteiger partial charge in [0.15, 0.2) is 0 Å². The van der Waals surface area contributed by atoms with Crippen LogP contribution in [0.3, 0.4) is 0 Å². The van der Waals surface area contributed by atoms with Gasteiger partial charge in [0.05, 0.1) is 25.3 Å². The Labute approximate surface area is 166 Å². The van der Waals surface area contributed by atoms with Crippen LogP contribution in [0.5, 0.6) is 11.5 Å². The summed E-state index contributed by atoms with van der Waals surface area (Å²) in [6.45, 7) is 3.04. The Morgan fingerprint density at radius 2 is 1.93 bits per heavy atom. The molecule has 0 aliphatic heterocycles. The minimum atomic E-state index is -0.165. The quantitative estimate of drug-likeness (QED) is 0.507. The zero-order valence-corrected chi connectivity index (χ0v) is 16.6. The summed E-state index contributed by atoms with van der Waals surface area (Å²) in [5.74, 6) is 1.21. The number of hydrogen-bond donors (Lipinski definition) is 2. The normalized spacial score (nSPS) is 10.3. The number of rotatable bonds is 11. The maximum absolute atomic E-state index is 12.1. The summed E-state index contributed by atoms with van der Waals surface area (Å²) in [4.78, 5) is 12.1. The molecule has 6 heteroatoms. The Bertz CT molecular complexity index is 737. The van der Waals surface area contributed by atoms with Gasteiger partial charge < -0.3 is 20.1 Å². The minimum Gasteiger partial charge on any atom is -0.495 e. The van der Waals surface area contributed by atoms with Crippen molar-refractivity contribution in [3.63, 3.8) is 0 Å². The van der Waals surface area contributed by atoms with Gasteiger partial charge >= 0.3 is 0 Å². The van der Waals surface area contributed by atoms with E-state index in [1.54, 1.807) is 25.3 Å². The molecule has 0 bridgehead atoms. The average Bonchev–Trinajstić information content (AvgIpc) is 2.67. The minimum absolute atomic E-state index is 0.142. The second-order valence-corrected chi connectivity index (χ2v) is 6.60. The van der Waals surface area contributed by atoms with Gasteiger partial charge in [-0.2, -0.15) is 0 Å². The van der Waals surface area contributed by atoms with Crippen molar-refractivity contribution >= 4 is 28.9 Å². The fraction of sp³-hybridized carbons (Fsp3) is 0.381. The lowest BCUT2D eigenvalue weighted by atomic mass is 10.2. The van der Waals surface area contributed by atoms with Crippen molar-refractivity contribution in [1.82, 2.24) is 0 Å². The van der Waals surface area contributed by atoms with Crippen LogP contribution in [0.1, 0.15) is 32.6 Å². The molecule has 0 atom stereocenters. The van der Waals surface area contributed by atoms with Gasteiger partial charge in [-0.3, -0.25) is 4.79 Å². The molecule has 2 rings (SSSR count). The first-order valence-corrected chi connectivity index (χ1v) is 9.60. The van der Waals surface area contributed by atoms with Crippen LogP contribution in [0.4, 0.5) is 11.4 Å². The van der Waals surface area contributed by atoms with Crippen molar-refractivity contribution in [3.8, 4) is 11.5 Å². The van der Waals surface area contributed by atoms with Crippen LogP contribution in [-0.4, -0.2) is 26.2 Å². The lowest BCUT2D eigenvalue weighted by molar-refractivity contribution is -0.114.